The number of hydrogen-bond acceptors (Lipinski definition) is 5. The van der Waals surface area contributed by atoms with E-state index in [2.05, 4.69) is 5.32 Å². The molecule has 0 saturated carbocycles. The van der Waals surface area contributed by atoms with E-state index >= 15 is 0 Å². The van der Waals surface area contributed by atoms with Crippen molar-refractivity contribution in [2.75, 3.05) is 13.7 Å². The van der Waals surface area contributed by atoms with Gasteiger partial charge in [0.15, 0.2) is 12.7 Å². The summed E-state index contributed by atoms with van der Waals surface area (Å²) >= 11 is 5.79. The molecule has 0 unspecified atom stereocenters. The molecule has 2 aromatic rings. The van der Waals surface area contributed by atoms with E-state index < -0.39 is 18.0 Å². The molecule has 0 saturated heterocycles. The number of carbonyl (C=O) groups is 2. The number of hydrogen-bond donors (Lipinski definition) is 1. The number of benzene rings is 2. The highest BCUT2D eigenvalue weighted by Gasteiger charge is 2.18. The van der Waals surface area contributed by atoms with Gasteiger partial charge in [-0.15, -0.1) is 0 Å². The second-order valence-electron chi connectivity index (χ2n) is 5.41. The van der Waals surface area contributed by atoms with Crippen molar-refractivity contribution >= 4 is 23.5 Å². The average molecular weight is 378 g/mol. The molecule has 138 valence electrons. The quantitative estimate of drug-likeness (QED) is 0.716. The first-order valence-electron chi connectivity index (χ1n) is 7.97. The van der Waals surface area contributed by atoms with Gasteiger partial charge in [-0.2, -0.15) is 0 Å². The third kappa shape index (κ3) is 5.97. The van der Waals surface area contributed by atoms with Crippen LogP contribution in [0.4, 0.5) is 0 Å². The molecular weight excluding hydrogens is 358 g/mol. The highest BCUT2D eigenvalue weighted by atomic mass is 35.5. The van der Waals surface area contributed by atoms with Crippen LogP contribution in [0.15, 0.2) is 48.5 Å². The summed E-state index contributed by atoms with van der Waals surface area (Å²) in [4.78, 5) is 23.8. The monoisotopic (exact) mass is 377 g/mol. The molecule has 2 rings (SSSR count). The lowest BCUT2D eigenvalue weighted by Gasteiger charge is -2.14. The molecule has 0 aromatic heterocycles. The van der Waals surface area contributed by atoms with Gasteiger partial charge in [-0.25, -0.2) is 4.79 Å². The zero-order chi connectivity index (χ0) is 18.9. The Bertz CT molecular complexity index is 748. The normalized spacial score (nSPS) is 11.3. The maximum atomic E-state index is 11.9. The van der Waals surface area contributed by atoms with Crippen molar-refractivity contribution < 1.29 is 23.8 Å². The van der Waals surface area contributed by atoms with Crippen molar-refractivity contribution in [3.05, 3.63) is 59.1 Å². The molecule has 0 heterocycles. The van der Waals surface area contributed by atoms with Crippen LogP contribution >= 0.6 is 11.6 Å². The lowest BCUT2D eigenvalue weighted by Crippen LogP contribution is -2.32. The van der Waals surface area contributed by atoms with E-state index in [1.165, 1.54) is 0 Å². The highest BCUT2D eigenvalue weighted by Crippen LogP contribution is 2.17. The third-order valence-corrected chi connectivity index (χ3v) is 3.72. The number of methoxy groups -OCH3 is 1. The molecule has 1 N–H and O–H groups in total. The molecule has 0 radical (unpaired) electrons. The van der Waals surface area contributed by atoms with Crippen LogP contribution in [0.2, 0.25) is 5.02 Å². The largest absolute Gasteiger partial charge is 0.496 e. The lowest BCUT2D eigenvalue weighted by atomic mass is 10.2. The number of halogens is 1. The molecule has 1 atom stereocenters. The van der Waals surface area contributed by atoms with E-state index in [1.54, 1.807) is 44.4 Å². The van der Waals surface area contributed by atoms with Gasteiger partial charge in [0.25, 0.3) is 5.91 Å². The fraction of sp³-hybridized carbons (Fsp3) is 0.263. The first-order chi connectivity index (χ1) is 12.5. The van der Waals surface area contributed by atoms with E-state index in [0.717, 1.165) is 5.56 Å². The summed E-state index contributed by atoms with van der Waals surface area (Å²) in [5.74, 6) is 0.115. The second kappa shape index (κ2) is 9.68. The third-order valence-electron chi connectivity index (χ3n) is 3.47. The molecule has 0 spiro atoms. The fourth-order valence-corrected chi connectivity index (χ4v) is 2.24. The van der Waals surface area contributed by atoms with Crippen LogP contribution in [0, 0.1) is 0 Å². The van der Waals surface area contributed by atoms with Gasteiger partial charge in [0.2, 0.25) is 0 Å². The van der Waals surface area contributed by atoms with Gasteiger partial charge in [0, 0.05) is 17.1 Å². The predicted octanol–water partition coefficient (Wildman–Crippen LogP) is 2.98. The Kier molecular flexibility index (Phi) is 7.29. The van der Waals surface area contributed by atoms with Gasteiger partial charge >= 0.3 is 5.97 Å². The number of ether oxygens (including phenoxy) is 3. The Morgan fingerprint density at radius 1 is 1.12 bits per heavy atom. The summed E-state index contributed by atoms with van der Waals surface area (Å²) in [6.07, 6.45) is -0.849. The summed E-state index contributed by atoms with van der Waals surface area (Å²) < 4.78 is 15.6. The molecule has 0 bridgehead atoms. The van der Waals surface area contributed by atoms with Crippen molar-refractivity contribution in [3.63, 3.8) is 0 Å². The number of para-hydroxylation sites is 1. The van der Waals surface area contributed by atoms with Crippen molar-refractivity contribution in [1.82, 2.24) is 5.32 Å². The van der Waals surface area contributed by atoms with Crippen molar-refractivity contribution in [2.45, 2.75) is 19.6 Å². The van der Waals surface area contributed by atoms with E-state index in [0.29, 0.717) is 16.5 Å². The van der Waals surface area contributed by atoms with Crippen LogP contribution in [0.5, 0.6) is 11.5 Å². The minimum atomic E-state index is -0.849. The SMILES string of the molecule is COc1ccccc1CNC(=O)COC(=O)[C@@H](C)Oc1ccc(Cl)cc1. The van der Waals surface area contributed by atoms with Crippen LogP contribution in [0.3, 0.4) is 0 Å². The molecule has 0 aliphatic heterocycles. The van der Waals surface area contributed by atoms with Crippen LogP contribution < -0.4 is 14.8 Å². The minimum absolute atomic E-state index is 0.275. The van der Waals surface area contributed by atoms with E-state index in [-0.39, 0.29) is 13.2 Å². The standard InChI is InChI=1S/C19H20ClNO5/c1-13(26-16-9-7-15(20)8-10-16)19(23)25-12-18(22)21-11-14-5-3-4-6-17(14)24-2/h3-10,13H,11-12H2,1-2H3,(H,21,22)/t13-/m1/s1. The number of carbonyl (C=O) groups excluding carboxylic acids is 2. The number of nitrogens with one attached hydrogen (secondary N) is 1. The topological polar surface area (TPSA) is 73.9 Å². The second-order valence-corrected chi connectivity index (χ2v) is 5.85. The molecule has 6 nitrogen and oxygen atoms in total. The average Bonchev–Trinajstić information content (AvgIpc) is 2.66. The van der Waals surface area contributed by atoms with Gasteiger partial charge in [0.05, 0.1) is 7.11 Å². The smallest absolute Gasteiger partial charge is 0.347 e. The molecule has 7 heteroatoms. The summed E-state index contributed by atoms with van der Waals surface area (Å²) in [5.41, 5.74) is 0.828. The first kappa shape index (κ1) is 19.6. The van der Waals surface area contributed by atoms with Crippen molar-refractivity contribution in [2.24, 2.45) is 0 Å². The van der Waals surface area contributed by atoms with Gasteiger partial charge in [-0.1, -0.05) is 29.8 Å². The highest BCUT2D eigenvalue weighted by molar-refractivity contribution is 6.30. The fourth-order valence-electron chi connectivity index (χ4n) is 2.11. The first-order valence-corrected chi connectivity index (χ1v) is 8.35. The van der Waals surface area contributed by atoms with Crippen molar-refractivity contribution in [1.29, 1.82) is 0 Å². The summed E-state index contributed by atoms with van der Waals surface area (Å²) in [6.45, 7) is 1.43. The number of esters is 1. The summed E-state index contributed by atoms with van der Waals surface area (Å²) in [5, 5.41) is 3.24. The number of rotatable bonds is 8. The van der Waals surface area contributed by atoms with Crippen molar-refractivity contribution in [3.8, 4) is 11.5 Å². The molecule has 0 fully saturated rings. The molecule has 26 heavy (non-hydrogen) atoms. The van der Waals surface area contributed by atoms with Crippen LogP contribution in [0.1, 0.15) is 12.5 Å². The van der Waals surface area contributed by atoms with Crippen LogP contribution in [-0.2, 0) is 20.9 Å². The maximum Gasteiger partial charge on any atom is 0.347 e. The van der Waals surface area contributed by atoms with E-state index in [4.69, 9.17) is 25.8 Å². The lowest BCUT2D eigenvalue weighted by molar-refractivity contribution is -0.154. The zero-order valence-corrected chi connectivity index (χ0v) is 15.3. The maximum absolute atomic E-state index is 11.9. The van der Waals surface area contributed by atoms with E-state index in [1.807, 2.05) is 18.2 Å². The Morgan fingerprint density at radius 2 is 1.81 bits per heavy atom. The Balaban J connectivity index is 1.75. The van der Waals surface area contributed by atoms with Gasteiger partial charge in [-0.05, 0) is 37.3 Å². The van der Waals surface area contributed by atoms with E-state index in [9.17, 15) is 9.59 Å². The molecule has 2 aromatic carbocycles. The zero-order valence-electron chi connectivity index (χ0n) is 14.5. The molecular formula is C19H20ClNO5. The van der Waals surface area contributed by atoms with Crippen LogP contribution in [0.25, 0.3) is 0 Å². The Hall–Kier alpha value is -2.73. The Morgan fingerprint density at radius 3 is 2.50 bits per heavy atom. The minimum Gasteiger partial charge on any atom is -0.496 e. The van der Waals surface area contributed by atoms with Crippen LogP contribution in [-0.4, -0.2) is 31.7 Å². The van der Waals surface area contributed by atoms with Gasteiger partial charge in [-0.3, -0.25) is 4.79 Å². The molecule has 0 aliphatic carbocycles. The molecule has 0 aliphatic rings. The summed E-state index contributed by atoms with van der Waals surface area (Å²) in [7, 11) is 1.56. The summed E-state index contributed by atoms with van der Waals surface area (Å²) in [6, 6.07) is 13.9. The molecule has 1 amide bonds. The predicted molar refractivity (Wildman–Crippen MR) is 97.3 cm³/mol. The Labute approximate surface area is 157 Å². The number of amides is 1. The van der Waals surface area contributed by atoms with Gasteiger partial charge in [0.1, 0.15) is 11.5 Å². The van der Waals surface area contributed by atoms with Gasteiger partial charge < -0.3 is 19.5 Å².